The van der Waals surface area contributed by atoms with Gasteiger partial charge in [-0.25, -0.2) is 0 Å². The molecule has 1 atom stereocenters. The molecule has 2 rings (SSSR count). The number of aryl methyl sites for hydroxylation is 1. The summed E-state index contributed by atoms with van der Waals surface area (Å²) in [6.07, 6.45) is 0.0660. The van der Waals surface area contributed by atoms with E-state index in [1.54, 1.807) is 0 Å². The molecule has 1 aliphatic rings. The van der Waals surface area contributed by atoms with E-state index < -0.39 is 0 Å². The Morgan fingerprint density at radius 2 is 2.16 bits per heavy atom. The fourth-order valence-electron chi connectivity index (χ4n) is 2.58. The first-order chi connectivity index (χ1) is 8.78. The van der Waals surface area contributed by atoms with Gasteiger partial charge in [-0.05, 0) is 55.8 Å². The molecule has 3 nitrogen and oxygen atoms in total. The standard InChI is InChI=1S/C15H20BrNO2/c1-10-5-6-13(16)12(7-10)14(18)17-8-11(2)19-15(3,4)9-17/h5-7,11H,8-9H2,1-4H3. The third-order valence-electron chi connectivity index (χ3n) is 3.21. The van der Waals surface area contributed by atoms with E-state index in [2.05, 4.69) is 15.9 Å². The highest BCUT2D eigenvalue weighted by Gasteiger charge is 2.34. The van der Waals surface area contributed by atoms with Gasteiger partial charge in [0, 0.05) is 17.6 Å². The Morgan fingerprint density at radius 3 is 2.79 bits per heavy atom. The minimum atomic E-state index is -0.288. The van der Waals surface area contributed by atoms with Crippen molar-refractivity contribution in [2.24, 2.45) is 0 Å². The van der Waals surface area contributed by atoms with Crippen molar-refractivity contribution in [1.82, 2.24) is 4.90 Å². The van der Waals surface area contributed by atoms with E-state index >= 15 is 0 Å². The van der Waals surface area contributed by atoms with Gasteiger partial charge in [-0.1, -0.05) is 11.6 Å². The van der Waals surface area contributed by atoms with E-state index in [-0.39, 0.29) is 17.6 Å². The van der Waals surface area contributed by atoms with Crippen LogP contribution in [0.1, 0.15) is 36.7 Å². The molecule has 1 fully saturated rings. The summed E-state index contributed by atoms with van der Waals surface area (Å²) in [5.41, 5.74) is 1.53. The highest BCUT2D eigenvalue weighted by atomic mass is 79.9. The number of hydrogen-bond donors (Lipinski definition) is 0. The van der Waals surface area contributed by atoms with Crippen LogP contribution in [0.5, 0.6) is 0 Å². The van der Waals surface area contributed by atoms with Crippen molar-refractivity contribution in [2.75, 3.05) is 13.1 Å². The number of nitrogens with zero attached hydrogens (tertiary/aromatic N) is 1. The number of ether oxygens (including phenoxy) is 1. The van der Waals surface area contributed by atoms with Gasteiger partial charge in [-0.2, -0.15) is 0 Å². The topological polar surface area (TPSA) is 29.5 Å². The molecule has 0 aromatic heterocycles. The Hall–Kier alpha value is -0.870. The predicted octanol–water partition coefficient (Wildman–Crippen LogP) is 3.40. The Kier molecular flexibility index (Phi) is 4.02. The number of rotatable bonds is 1. The third kappa shape index (κ3) is 3.37. The van der Waals surface area contributed by atoms with Crippen LogP contribution >= 0.6 is 15.9 Å². The van der Waals surface area contributed by atoms with Crippen LogP contribution in [0.3, 0.4) is 0 Å². The van der Waals surface area contributed by atoms with Crippen LogP contribution < -0.4 is 0 Å². The Labute approximate surface area is 123 Å². The van der Waals surface area contributed by atoms with Crippen molar-refractivity contribution in [3.8, 4) is 0 Å². The third-order valence-corrected chi connectivity index (χ3v) is 3.90. The van der Waals surface area contributed by atoms with Crippen molar-refractivity contribution in [2.45, 2.75) is 39.4 Å². The fourth-order valence-corrected chi connectivity index (χ4v) is 3.00. The molecule has 1 unspecified atom stereocenters. The zero-order valence-electron chi connectivity index (χ0n) is 11.9. The molecule has 0 aliphatic carbocycles. The Morgan fingerprint density at radius 1 is 1.47 bits per heavy atom. The minimum absolute atomic E-state index is 0.0660. The van der Waals surface area contributed by atoms with Gasteiger partial charge in [0.2, 0.25) is 0 Å². The van der Waals surface area contributed by atoms with Gasteiger partial charge in [0.05, 0.1) is 17.3 Å². The van der Waals surface area contributed by atoms with Crippen LogP contribution in [-0.2, 0) is 4.74 Å². The molecular formula is C15H20BrNO2. The number of hydrogen-bond acceptors (Lipinski definition) is 2. The molecule has 1 amide bonds. The number of halogens is 1. The zero-order valence-corrected chi connectivity index (χ0v) is 13.5. The minimum Gasteiger partial charge on any atom is -0.369 e. The lowest BCUT2D eigenvalue weighted by Crippen LogP contribution is -2.53. The van der Waals surface area contributed by atoms with Crippen molar-refractivity contribution >= 4 is 21.8 Å². The Bertz CT molecular complexity index is 499. The maximum absolute atomic E-state index is 12.6. The first kappa shape index (κ1) is 14.5. The van der Waals surface area contributed by atoms with E-state index in [0.29, 0.717) is 13.1 Å². The quantitative estimate of drug-likeness (QED) is 0.792. The second-order valence-corrected chi connectivity index (χ2v) is 6.71. The van der Waals surface area contributed by atoms with Gasteiger partial charge >= 0.3 is 0 Å². The van der Waals surface area contributed by atoms with Gasteiger partial charge in [0.15, 0.2) is 0 Å². The molecule has 0 saturated carbocycles. The van der Waals surface area contributed by atoms with E-state index in [4.69, 9.17) is 4.74 Å². The molecule has 1 saturated heterocycles. The molecule has 1 heterocycles. The smallest absolute Gasteiger partial charge is 0.255 e. The maximum Gasteiger partial charge on any atom is 0.255 e. The summed E-state index contributed by atoms with van der Waals surface area (Å²) >= 11 is 3.46. The summed E-state index contributed by atoms with van der Waals surface area (Å²) in [4.78, 5) is 14.5. The molecule has 19 heavy (non-hydrogen) atoms. The van der Waals surface area contributed by atoms with Crippen LogP contribution in [0.2, 0.25) is 0 Å². The van der Waals surface area contributed by atoms with Crippen LogP contribution in [0, 0.1) is 6.92 Å². The number of amides is 1. The molecule has 0 radical (unpaired) electrons. The predicted molar refractivity (Wildman–Crippen MR) is 79.4 cm³/mol. The lowest BCUT2D eigenvalue weighted by atomic mass is 10.0. The lowest BCUT2D eigenvalue weighted by Gasteiger charge is -2.41. The van der Waals surface area contributed by atoms with Gasteiger partial charge in [0.1, 0.15) is 0 Å². The number of carbonyl (C=O) groups excluding carboxylic acids is 1. The van der Waals surface area contributed by atoms with Crippen LogP contribution in [0.25, 0.3) is 0 Å². The van der Waals surface area contributed by atoms with Gasteiger partial charge in [-0.15, -0.1) is 0 Å². The van der Waals surface area contributed by atoms with Crippen molar-refractivity contribution in [3.05, 3.63) is 33.8 Å². The fraction of sp³-hybridized carbons (Fsp3) is 0.533. The van der Waals surface area contributed by atoms with E-state index in [9.17, 15) is 4.79 Å². The molecule has 0 spiro atoms. The monoisotopic (exact) mass is 325 g/mol. The van der Waals surface area contributed by atoms with Gasteiger partial charge in [-0.3, -0.25) is 4.79 Å². The molecule has 0 bridgehead atoms. The van der Waals surface area contributed by atoms with Gasteiger partial charge in [0.25, 0.3) is 5.91 Å². The second-order valence-electron chi connectivity index (χ2n) is 5.86. The number of carbonyl (C=O) groups is 1. The van der Waals surface area contributed by atoms with Crippen molar-refractivity contribution in [1.29, 1.82) is 0 Å². The SMILES string of the molecule is Cc1ccc(Br)c(C(=O)N2CC(C)OC(C)(C)C2)c1. The normalized spacial score (nSPS) is 22.4. The Balaban J connectivity index is 2.26. The van der Waals surface area contributed by atoms with Crippen molar-refractivity contribution in [3.63, 3.8) is 0 Å². The van der Waals surface area contributed by atoms with Crippen LogP contribution in [0.4, 0.5) is 0 Å². The molecule has 0 N–H and O–H groups in total. The summed E-state index contributed by atoms with van der Waals surface area (Å²) in [5, 5.41) is 0. The lowest BCUT2D eigenvalue weighted by molar-refractivity contribution is -0.118. The molecule has 104 valence electrons. The van der Waals surface area contributed by atoms with Gasteiger partial charge < -0.3 is 9.64 Å². The number of morpholine rings is 1. The highest BCUT2D eigenvalue weighted by molar-refractivity contribution is 9.10. The summed E-state index contributed by atoms with van der Waals surface area (Å²) in [7, 11) is 0. The largest absolute Gasteiger partial charge is 0.369 e. The molecule has 1 aliphatic heterocycles. The highest BCUT2D eigenvalue weighted by Crippen LogP contribution is 2.25. The summed E-state index contributed by atoms with van der Waals surface area (Å²) in [6, 6.07) is 5.85. The first-order valence-corrected chi connectivity index (χ1v) is 7.31. The zero-order chi connectivity index (χ0) is 14.2. The second kappa shape index (κ2) is 5.25. The average molecular weight is 326 g/mol. The molecule has 1 aromatic carbocycles. The summed E-state index contributed by atoms with van der Waals surface area (Å²) < 4.78 is 6.69. The molecular weight excluding hydrogens is 306 g/mol. The van der Waals surface area contributed by atoms with Crippen molar-refractivity contribution < 1.29 is 9.53 Å². The maximum atomic E-state index is 12.6. The molecule has 1 aromatic rings. The first-order valence-electron chi connectivity index (χ1n) is 6.52. The summed E-state index contributed by atoms with van der Waals surface area (Å²) in [6.45, 7) is 9.31. The van der Waals surface area contributed by atoms with E-state index in [1.807, 2.05) is 50.8 Å². The van der Waals surface area contributed by atoms with Crippen LogP contribution in [-0.4, -0.2) is 35.6 Å². The average Bonchev–Trinajstić information content (AvgIpc) is 2.29. The molecule has 4 heteroatoms. The number of benzene rings is 1. The van der Waals surface area contributed by atoms with E-state index in [1.165, 1.54) is 0 Å². The van der Waals surface area contributed by atoms with E-state index in [0.717, 1.165) is 15.6 Å². The summed E-state index contributed by atoms with van der Waals surface area (Å²) in [5.74, 6) is 0.0683. The van der Waals surface area contributed by atoms with Crippen LogP contribution in [0.15, 0.2) is 22.7 Å².